The third-order valence-corrected chi connectivity index (χ3v) is 5.13. The van der Waals surface area contributed by atoms with Crippen LogP contribution in [0.25, 0.3) is 0 Å². The molecule has 0 aromatic carbocycles. The van der Waals surface area contributed by atoms with Gasteiger partial charge >= 0.3 is 0 Å². The summed E-state index contributed by atoms with van der Waals surface area (Å²) < 4.78 is 0. The Balaban J connectivity index is 4.00. The van der Waals surface area contributed by atoms with Crippen molar-refractivity contribution in [2.24, 2.45) is 0 Å². The second kappa shape index (κ2) is 14.1. The molecule has 0 aliphatic rings. The van der Waals surface area contributed by atoms with Gasteiger partial charge in [0.2, 0.25) is 11.8 Å². The van der Waals surface area contributed by atoms with Crippen LogP contribution < -0.4 is 21.3 Å². The molecule has 2 amide bonds. The second-order valence-corrected chi connectivity index (χ2v) is 6.83. The van der Waals surface area contributed by atoms with Gasteiger partial charge in [-0.25, -0.2) is 0 Å². The van der Waals surface area contributed by atoms with Gasteiger partial charge in [0.1, 0.15) is 0 Å². The van der Waals surface area contributed by atoms with Crippen molar-refractivity contribution in [3.8, 4) is 0 Å². The summed E-state index contributed by atoms with van der Waals surface area (Å²) in [4.78, 5) is 23.5. The van der Waals surface area contributed by atoms with E-state index in [0.29, 0.717) is 11.5 Å². The Morgan fingerprint density at radius 1 is 0.864 bits per heavy atom. The van der Waals surface area contributed by atoms with Crippen LogP contribution in [0.3, 0.4) is 0 Å². The van der Waals surface area contributed by atoms with Crippen molar-refractivity contribution < 1.29 is 19.8 Å². The van der Waals surface area contributed by atoms with E-state index in [1.807, 2.05) is 0 Å². The van der Waals surface area contributed by atoms with Crippen LogP contribution in [0.15, 0.2) is 0 Å². The van der Waals surface area contributed by atoms with Crippen LogP contribution in [-0.2, 0) is 9.59 Å². The van der Waals surface area contributed by atoms with E-state index in [2.05, 4.69) is 21.3 Å². The van der Waals surface area contributed by atoms with Crippen molar-refractivity contribution in [1.82, 2.24) is 21.3 Å². The van der Waals surface area contributed by atoms with Crippen LogP contribution in [0.5, 0.6) is 0 Å². The number of rotatable bonds is 13. The van der Waals surface area contributed by atoms with Crippen molar-refractivity contribution in [2.45, 2.75) is 12.1 Å². The lowest BCUT2D eigenvalue weighted by Crippen LogP contribution is -2.45. The van der Waals surface area contributed by atoms with Crippen LogP contribution in [0.1, 0.15) is 0 Å². The zero-order valence-electron chi connectivity index (χ0n) is 12.9. The molecule has 8 nitrogen and oxygen atoms in total. The minimum atomic E-state index is -0.347. The average molecular weight is 354 g/mol. The number of nitrogens with one attached hydrogen (secondary N) is 4. The number of aliphatic hydroxyl groups excluding tert-OH is 2. The van der Waals surface area contributed by atoms with Crippen molar-refractivity contribution >= 4 is 33.4 Å². The number of amides is 2. The maximum Gasteiger partial charge on any atom is 0.238 e. The van der Waals surface area contributed by atoms with Gasteiger partial charge in [-0.2, -0.15) is 0 Å². The lowest BCUT2D eigenvalue weighted by Gasteiger charge is -2.17. The highest BCUT2D eigenvalue weighted by molar-refractivity contribution is 8.76. The first kappa shape index (κ1) is 21.5. The summed E-state index contributed by atoms with van der Waals surface area (Å²) >= 11 is 0. The normalized spacial score (nSPS) is 13.5. The van der Waals surface area contributed by atoms with Crippen LogP contribution in [-0.4, -0.2) is 86.0 Å². The Morgan fingerprint density at radius 3 is 1.50 bits per heavy atom. The molecule has 2 atom stereocenters. The molecule has 0 saturated heterocycles. The van der Waals surface area contributed by atoms with Gasteiger partial charge < -0.3 is 31.5 Å². The van der Waals surface area contributed by atoms with Gasteiger partial charge in [-0.05, 0) is 14.1 Å². The van der Waals surface area contributed by atoms with E-state index >= 15 is 0 Å². The predicted molar refractivity (Wildman–Crippen MR) is 90.8 cm³/mol. The Morgan fingerprint density at radius 2 is 1.23 bits per heavy atom. The van der Waals surface area contributed by atoms with Crippen LogP contribution in [0.4, 0.5) is 0 Å². The number of aliphatic hydroxyl groups is 2. The number of carbonyl (C=O) groups excluding carboxylic acids is 2. The number of hydrogen-bond donors (Lipinski definition) is 6. The first-order valence-corrected chi connectivity index (χ1v) is 9.45. The fourth-order valence-corrected chi connectivity index (χ4v) is 3.91. The fraction of sp³-hybridized carbons (Fsp3) is 0.833. The van der Waals surface area contributed by atoms with Gasteiger partial charge in [-0.1, -0.05) is 21.6 Å². The first-order valence-electron chi connectivity index (χ1n) is 6.96. The SMILES string of the molecule is CN[C@@H](CSSC[C@H](NC)C(=O)NCCO)C(=O)NCCO. The molecule has 0 saturated carbocycles. The van der Waals surface area contributed by atoms with Crippen molar-refractivity contribution in [3.05, 3.63) is 0 Å². The Hall–Kier alpha value is -0.520. The van der Waals surface area contributed by atoms with Crippen molar-refractivity contribution in [2.75, 3.05) is 51.9 Å². The van der Waals surface area contributed by atoms with Gasteiger partial charge in [0, 0.05) is 24.6 Å². The lowest BCUT2D eigenvalue weighted by atomic mass is 10.3. The summed E-state index contributed by atoms with van der Waals surface area (Å²) in [5.74, 6) is 0.784. The van der Waals surface area contributed by atoms with Gasteiger partial charge in [0.05, 0.1) is 25.3 Å². The summed E-state index contributed by atoms with van der Waals surface area (Å²) in [5.41, 5.74) is 0. The van der Waals surface area contributed by atoms with E-state index in [1.165, 1.54) is 21.6 Å². The van der Waals surface area contributed by atoms with E-state index < -0.39 is 0 Å². The topological polar surface area (TPSA) is 123 Å². The van der Waals surface area contributed by atoms with Crippen LogP contribution in [0, 0.1) is 0 Å². The zero-order valence-corrected chi connectivity index (χ0v) is 14.6. The predicted octanol–water partition coefficient (Wildman–Crippen LogP) is -2.24. The van der Waals surface area contributed by atoms with Crippen molar-refractivity contribution in [1.29, 1.82) is 0 Å². The number of hydrogen-bond acceptors (Lipinski definition) is 8. The van der Waals surface area contributed by atoms with Gasteiger partial charge in [-0.3, -0.25) is 9.59 Å². The monoisotopic (exact) mass is 354 g/mol. The molecule has 0 heterocycles. The molecule has 130 valence electrons. The van der Waals surface area contributed by atoms with Gasteiger partial charge in [0.25, 0.3) is 0 Å². The molecule has 0 fully saturated rings. The van der Waals surface area contributed by atoms with Crippen molar-refractivity contribution in [3.63, 3.8) is 0 Å². The molecule has 0 unspecified atom stereocenters. The minimum absolute atomic E-state index is 0.0864. The summed E-state index contributed by atoms with van der Waals surface area (Å²) in [6, 6.07) is -0.694. The molecule has 0 aliphatic heterocycles. The lowest BCUT2D eigenvalue weighted by molar-refractivity contribution is -0.123. The summed E-state index contributed by atoms with van der Waals surface area (Å²) in [6.45, 7) is 0.303. The van der Waals surface area contributed by atoms with E-state index in [9.17, 15) is 9.59 Å². The molecule has 0 rings (SSSR count). The first-order chi connectivity index (χ1) is 10.6. The van der Waals surface area contributed by atoms with Crippen LogP contribution >= 0.6 is 21.6 Å². The highest BCUT2D eigenvalue weighted by atomic mass is 33.1. The third-order valence-electron chi connectivity index (χ3n) is 2.70. The number of likely N-dealkylation sites (N-methyl/N-ethyl adjacent to an activating group) is 2. The second-order valence-electron chi connectivity index (χ2n) is 4.28. The molecular formula is C12H26N4O4S2. The summed E-state index contributed by atoms with van der Waals surface area (Å²) in [5, 5.41) is 28.4. The standard InChI is InChI=1S/C12H26N4O4S2/c1-13-9(11(19)15-3-5-17)7-21-22-8-10(14-2)12(20)16-4-6-18/h9-10,13-14,17-18H,3-8H2,1-2H3,(H,15,19)(H,16,20)/t9-,10-/m0/s1. The minimum Gasteiger partial charge on any atom is -0.395 e. The summed E-state index contributed by atoms with van der Waals surface area (Å²) in [6.07, 6.45) is 0. The highest BCUT2D eigenvalue weighted by Gasteiger charge is 2.18. The molecule has 0 bridgehead atoms. The van der Waals surface area contributed by atoms with Gasteiger partial charge in [0.15, 0.2) is 0 Å². The van der Waals surface area contributed by atoms with E-state index in [0.717, 1.165) is 0 Å². The van der Waals surface area contributed by atoms with E-state index in [1.54, 1.807) is 14.1 Å². The molecule has 0 aromatic rings. The maximum absolute atomic E-state index is 11.7. The Kier molecular flexibility index (Phi) is 13.8. The Bertz CT molecular complexity index is 294. The summed E-state index contributed by atoms with van der Waals surface area (Å²) in [7, 11) is 6.39. The zero-order chi connectivity index (χ0) is 16.8. The van der Waals surface area contributed by atoms with E-state index in [4.69, 9.17) is 10.2 Å². The fourth-order valence-electron chi connectivity index (χ4n) is 1.42. The third kappa shape index (κ3) is 9.49. The molecule has 10 heteroatoms. The van der Waals surface area contributed by atoms with Crippen LogP contribution in [0.2, 0.25) is 0 Å². The van der Waals surface area contributed by atoms with E-state index in [-0.39, 0.29) is 50.2 Å². The molecule has 0 spiro atoms. The molecule has 0 radical (unpaired) electrons. The molecule has 0 aromatic heterocycles. The maximum atomic E-state index is 11.7. The molecule has 22 heavy (non-hydrogen) atoms. The molecule has 6 N–H and O–H groups in total. The van der Waals surface area contributed by atoms with Gasteiger partial charge in [-0.15, -0.1) is 0 Å². The highest BCUT2D eigenvalue weighted by Crippen LogP contribution is 2.22. The quantitative estimate of drug-likeness (QED) is 0.162. The number of carbonyl (C=O) groups is 2. The largest absolute Gasteiger partial charge is 0.395 e. The smallest absolute Gasteiger partial charge is 0.238 e. The Labute approximate surface area is 139 Å². The molecule has 0 aliphatic carbocycles. The molecular weight excluding hydrogens is 328 g/mol. The average Bonchev–Trinajstić information content (AvgIpc) is 2.53.